The third-order valence-electron chi connectivity index (χ3n) is 1.84. The number of amides is 1. The van der Waals surface area contributed by atoms with Crippen molar-refractivity contribution in [2.45, 2.75) is 6.92 Å². The van der Waals surface area contributed by atoms with Crippen molar-refractivity contribution in [3.8, 4) is 0 Å². The lowest BCUT2D eigenvalue weighted by atomic mass is 10.2. The normalized spacial score (nSPS) is 11.1. The number of rotatable bonds is 3. The number of hydrogen-bond acceptors (Lipinski definition) is 2. The molecule has 0 aliphatic carbocycles. The lowest BCUT2D eigenvalue weighted by Crippen LogP contribution is -2.19. The van der Waals surface area contributed by atoms with E-state index in [-0.39, 0.29) is 5.91 Å². The van der Waals surface area contributed by atoms with Gasteiger partial charge in [-0.3, -0.25) is 9.78 Å². The maximum atomic E-state index is 11.3. The molecule has 0 aliphatic rings. The van der Waals surface area contributed by atoms with Gasteiger partial charge in [0.05, 0.1) is 0 Å². The van der Waals surface area contributed by atoms with Gasteiger partial charge in [0.2, 0.25) is 0 Å². The summed E-state index contributed by atoms with van der Waals surface area (Å²) in [5.41, 5.74) is 1.39. The second-order valence-corrected chi connectivity index (χ2v) is 2.94. The zero-order chi connectivity index (χ0) is 11.1. The highest BCUT2D eigenvalue weighted by Gasteiger charge is 2.03. The lowest BCUT2D eigenvalue weighted by Gasteiger charge is -1.99. The van der Waals surface area contributed by atoms with Crippen molar-refractivity contribution >= 4 is 12.0 Å². The number of pyridine rings is 1. The molecule has 0 fully saturated rings. The van der Waals surface area contributed by atoms with Gasteiger partial charge in [-0.2, -0.15) is 0 Å². The Labute approximate surface area is 89.5 Å². The summed E-state index contributed by atoms with van der Waals surface area (Å²) in [6.07, 6.45) is 9.34. The van der Waals surface area contributed by atoms with Crippen LogP contribution in [0.4, 0.5) is 0 Å². The number of hydrogen-bond donors (Lipinski definition) is 1. The van der Waals surface area contributed by atoms with Gasteiger partial charge in [-0.1, -0.05) is 24.3 Å². The van der Waals surface area contributed by atoms with Crippen LogP contribution in [0.15, 0.2) is 36.6 Å². The molecule has 1 aromatic heterocycles. The van der Waals surface area contributed by atoms with E-state index in [4.69, 9.17) is 0 Å². The van der Waals surface area contributed by atoms with Gasteiger partial charge in [0, 0.05) is 13.2 Å². The topological polar surface area (TPSA) is 42.0 Å². The molecule has 15 heavy (non-hydrogen) atoms. The number of aromatic nitrogens is 1. The van der Waals surface area contributed by atoms with E-state index in [1.165, 1.54) is 0 Å². The van der Waals surface area contributed by atoms with Crippen molar-refractivity contribution in [2.75, 3.05) is 7.05 Å². The minimum absolute atomic E-state index is 0.170. The summed E-state index contributed by atoms with van der Waals surface area (Å²) in [6, 6.07) is 3.60. The van der Waals surface area contributed by atoms with E-state index in [0.717, 1.165) is 5.56 Å². The van der Waals surface area contributed by atoms with Crippen LogP contribution in [0.1, 0.15) is 23.0 Å². The van der Waals surface area contributed by atoms with Crippen LogP contribution < -0.4 is 5.32 Å². The minimum atomic E-state index is -0.170. The summed E-state index contributed by atoms with van der Waals surface area (Å²) in [7, 11) is 1.59. The molecule has 0 saturated heterocycles. The number of nitrogens with one attached hydrogen (secondary N) is 1. The Bertz CT molecular complexity index is 394. The van der Waals surface area contributed by atoms with E-state index >= 15 is 0 Å². The second-order valence-electron chi connectivity index (χ2n) is 2.94. The molecule has 0 spiro atoms. The molecule has 1 heterocycles. The van der Waals surface area contributed by atoms with Gasteiger partial charge in [0.15, 0.2) is 0 Å². The Morgan fingerprint density at radius 3 is 2.93 bits per heavy atom. The summed E-state index contributed by atoms with van der Waals surface area (Å²) in [5, 5.41) is 2.54. The zero-order valence-corrected chi connectivity index (χ0v) is 8.90. The molecule has 0 bridgehead atoms. The van der Waals surface area contributed by atoms with E-state index in [1.807, 2.05) is 37.3 Å². The monoisotopic (exact) mass is 202 g/mol. The molecule has 3 heteroatoms. The van der Waals surface area contributed by atoms with E-state index in [0.29, 0.717) is 5.69 Å². The molecule has 1 N–H and O–H groups in total. The molecule has 3 nitrogen and oxygen atoms in total. The number of carbonyl (C=O) groups excluding carboxylic acids is 1. The Morgan fingerprint density at radius 2 is 2.27 bits per heavy atom. The molecule has 0 aliphatic heterocycles. The minimum Gasteiger partial charge on any atom is -0.354 e. The summed E-state index contributed by atoms with van der Waals surface area (Å²) < 4.78 is 0. The molecule has 78 valence electrons. The Balaban J connectivity index is 2.87. The van der Waals surface area contributed by atoms with Crippen molar-refractivity contribution in [1.29, 1.82) is 0 Å². The maximum Gasteiger partial charge on any atom is 0.269 e. The number of nitrogens with zero attached hydrogens (tertiary/aromatic N) is 1. The summed E-state index contributed by atoms with van der Waals surface area (Å²) in [6.45, 7) is 1.95. The van der Waals surface area contributed by atoms with Gasteiger partial charge >= 0.3 is 0 Å². The molecule has 0 unspecified atom stereocenters. The SMILES string of the molecule is C/C=C\C=C/c1ccnc(C(=O)NC)c1. The van der Waals surface area contributed by atoms with Gasteiger partial charge < -0.3 is 5.32 Å². The quantitative estimate of drug-likeness (QED) is 0.762. The van der Waals surface area contributed by atoms with Crippen LogP contribution >= 0.6 is 0 Å². The molecule has 1 amide bonds. The fourth-order valence-electron chi connectivity index (χ4n) is 1.08. The number of allylic oxidation sites excluding steroid dienone is 3. The van der Waals surface area contributed by atoms with Gasteiger partial charge in [0.1, 0.15) is 5.69 Å². The molecular formula is C12H14N2O. The first kappa shape index (κ1) is 11.2. The fourth-order valence-corrected chi connectivity index (χ4v) is 1.08. The first-order valence-corrected chi connectivity index (χ1v) is 4.75. The van der Waals surface area contributed by atoms with E-state index in [2.05, 4.69) is 10.3 Å². The average molecular weight is 202 g/mol. The van der Waals surface area contributed by atoms with Gasteiger partial charge in [-0.15, -0.1) is 0 Å². The van der Waals surface area contributed by atoms with Crippen LogP contribution in [0.5, 0.6) is 0 Å². The van der Waals surface area contributed by atoms with Crippen molar-refractivity contribution in [1.82, 2.24) is 10.3 Å². The molecule has 0 aromatic carbocycles. The Hall–Kier alpha value is -1.90. The molecule has 1 rings (SSSR count). The average Bonchev–Trinajstić information content (AvgIpc) is 2.29. The van der Waals surface area contributed by atoms with Crippen LogP contribution in [0.25, 0.3) is 6.08 Å². The van der Waals surface area contributed by atoms with Crippen molar-refractivity contribution in [2.24, 2.45) is 0 Å². The molecule has 0 radical (unpaired) electrons. The Kier molecular flexibility index (Phi) is 4.29. The van der Waals surface area contributed by atoms with E-state index < -0.39 is 0 Å². The standard InChI is InChI=1S/C12H14N2O/c1-3-4-5-6-10-7-8-14-11(9-10)12(15)13-2/h3-9H,1-2H3,(H,13,15)/b4-3-,6-5-. The smallest absolute Gasteiger partial charge is 0.269 e. The lowest BCUT2D eigenvalue weighted by molar-refractivity contribution is 0.0958. The predicted molar refractivity (Wildman–Crippen MR) is 61.5 cm³/mol. The third kappa shape index (κ3) is 3.38. The van der Waals surface area contributed by atoms with Gasteiger partial charge in [0.25, 0.3) is 5.91 Å². The van der Waals surface area contributed by atoms with Crippen molar-refractivity contribution < 1.29 is 4.79 Å². The fraction of sp³-hybridized carbons (Fsp3) is 0.167. The highest BCUT2D eigenvalue weighted by molar-refractivity contribution is 5.92. The summed E-state index contributed by atoms with van der Waals surface area (Å²) >= 11 is 0. The summed E-state index contributed by atoms with van der Waals surface area (Å²) in [5.74, 6) is -0.170. The maximum absolute atomic E-state index is 11.3. The van der Waals surface area contributed by atoms with Crippen molar-refractivity contribution in [3.05, 3.63) is 47.8 Å². The van der Waals surface area contributed by atoms with Gasteiger partial charge in [-0.05, 0) is 24.6 Å². The van der Waals surface area contributed by atoms with Crippen molar-refractivity contribution in [3.63, 3.8) is 0 Å². The highest BCUT2D eigenvalue weighted by atomic mass is 16.1. The first-order valence-electron chi connectivity index (χ1n) is 4.75. The van der Waals surface area contributed by atoms with Crippen LogP contribution in [-0.2, 0) is 0 Å². The summed E-state index contributed by atoms with van der Waals surface area (Å²) in [4.78, 5) is 15.3. The van der Waals surface area contributed by atoms with Crippen LogP contribution in [-0.4, -0.2) is 17.9 Å². The molecule has 1 aromatic rings. The van der Waals surface area contributed by atoms with E-state index in [9.17, 15) is 4.79 Å². The Morgan fingerprint density at radius 1 is 1.47 bits per heavy atom. The first-order chi connectivity index (χ1) is 7.27. The molecule has 0 atom stereocenters. The van der Waals surface area contributed by atoms with Crippen LogP contribution in [0.2, 0.25) is 0 Å². The predicted octanol–water partition coefficient (Wildman–Crippen LogP) is 2.03. The van der Waals surface area contributed by atoms with Crippen LogP contribution in [0.3, 0.4) is 0 Å². The third-order valence-corrected chi connectivity index (χ3v) is 1.84. The molecular weight excluding hydrogens is 188 g/mol. The van der Waals surface area contributed by atoms with E-state index in [1.54, 1.807) is 19.3 Å². The zero-order valence-electron chi connectivity index (χ0n) is 8.90. The highest BCUT2D eigenvalue weighted by Crippen LogP contribution is 2.04. The number of carbonyl (C=O) groups is 1. The largest absolute Gasteiger partial charge is 0.354 e. The van der Waals surface area contributed by atoms with Gasteiger partial charge in [-0.25, -0.2) is 0 Å². The van der Waals surface area contributed by atoms with Crippen LogP contribution in [0, 0.1) is 0 Å². The molecule has 0 saturated carbocycles. The second kappa shape index (κ2) is 5.75.